The monoisotopic (exact) mass is 1020 g/mol. The van der Waals surface area contributed by atoms with Crippen LogP contribution in [0.25, 0.3) is 11.1 Å². The maximum atomic E-state index is 13.7. The number of hydrogen-bond donors (Lipinski definition) is 6. The number of nitro benzene ring substituents is 1. The number of nitrogens with one attached hydrogen (secondary N) is 3. The van der Waals surface area contributed by atoms with Gasteiger partial charge in [0.25, 0.3) is 5.69 Å². The Morgan fingerprint density at radius 1 is 0.716 bits per heavy atom. The van der Waals surface area contributed by atoms with E-state index in [-0.39, 0.29) is 42.5 Å². The maximum Gasteiger partial charge on any atom is 0.514 e. The van der Waals surface area contributed by atoms with Crippen LogP contribution in [0.1, 0.15) is 74.6 Å². The van der Waals surface area contributed by atoms with Crippen molar-refractivity contribution in [3.05, 3.63) is 123 Å². The molecule has 22 heteroatoms. The van der Waals surface area contributed by atoms with E-state index in [4.69, 9.17) is 23.7 Å². The highest BCUT2D eigenvalue weighted by molar-refractivity contribution is 5.98. The molecule has 1 aliphatic heterocycles. The standard InChI is InChI=1S/C52H56N4O18/c1-27(2)46(55-51(66)71-26-41-36-11-7-5-9-34(36)35-10-6-8-12-37(35)41)49(64)53-28(3)48(63)54-31-15-13-30(25-72-52(67)73-33-18-16-32(17-19-33)56(68)69)29(21-31)14-20-42-39(23-44(59)60)38(22-43(57)58)40(24-45(61)62)47(74-42)50(65)70-4/h5-13,15-19,21,27-28,38-42,46-47H,14,20,22-26H2,1-4H3,(H,53,64)(H,54,63)(H,55,66)(H,57,58)(H,59,60)(H,61,62)/t28-,38+,39-,40-,42-,46-,47-/m0/s1. The van der Waals surface area contributed by atoms with E-state index in [0.717, 1.165) is 41.5 Å². The van der Waals surface area contributed by atoms with Crippen molar-refractivity contribution < 1.29 is 82.3 Å². The first-order valence-electron chi connectivity index (χ1n) is 23.6. The van der Waals surface area contributed by atoms with Gasteiger partial charge in [0.15, 0.2) is 6.10 Å². The Morgan fingerprint density at radius 2 is 1.31 bits per heavy atom. The van der Waals surface area contributed by atoms with Gasteiger partial charge in [0.2, 0.25) is 11.8 Å². The number of aryl methyl sites for hydroxylation is 1. The molecule has 1 aliphatic carbocycles. The number of amides is 3. The number of nitrogens with zero attached hydrogens (tertiary/aromatic N) is 1. The smallest absolute Gasteiger partial charge is 0.481 e. The molecule has 6 N–H and O–H groups in total. The molecule has 0 unspecified atom stereocenters. The van der Waals surface area contributed by atoms with Crippen molar-refractivity contribution in [2.24, 2.45) is 23.7 Å². The second-order valence-corrected chi connectivity index (χ2v) is 18.2. The van der Waals surface area contributed by atoms with Crippen LogP contribution in [0, 0.1) is 33.8 Å². The third kappa shape index (κ3) is 14.0. The summed E-state index contributed by atoms with van der Waals surface area (Å²) in [6, 6.07) is 22.4. The Bertz CT molecular complexity index is 2720. The number of fused-ring (bicyclic) bond motifs is 3. The summed E-state index contributed by atoms with van der Waals surface area (Å²) in [6.07, 6.45) is -7.03. The summed E-state index contributed by atoms with van der Waals surface area (Å²) in [4.78, 5) is 113. The lowest BCUT2D eigenvalue weighted by molar-refractivity contribution is -0.384. The highest BCUT2D eigenvalue weighted by Gasteiger charge is 2.50. The van der Waals surface area contributed by atoms with Crippen LogP contribution >= 0.6 is 0 Å². The van der Waals surface area contributed by atoms with Crippen molar-refractivity contribution in [2.75, 3.05) is 19.0 Å². The fraction of sp³-hybridized carbons (Fsp3) is 0.385. The van der Waals surface area contributed by atoms with Crippen LogP contribution in [0.15, 0.2) is 91.0 Å². The highest BCUT2D eigenvalue weighted by Crippen LogP contribution is 2.45. The summed E-state index contributed by atoms with van der Waals surface area (Å²) in [5.41, 5.74) is 4.71. The van der Waals surface area contributed by atoms with Gasteiger partial charge in [0, 0.05) is 36.1 Å². The lowest BCUT2D eigenvalue weighted by Gasteiger charge is -2.45. The number of alkyl carbamates (subject to hydrolysis) is 1. The van der Waals surface area contributed by atoms with Gasteiger partial charge in [-0.1, -0.05) is 68.4 Å². The molecule has 4 aromatic rings. The Labute approximate surface area is 423 Å². The first-order chi connectivity index (χ1) is 35.2. The van der Waals surface area contributed by atoms with E-state index in [9.17, 15) is 63.8 Å². The second kappa shape index (κ2) is 24.8. The van der Waals surface area contributed by atoms with Crippen molar-refractivity contribution in [1.82, 2.24) is 10.6 Å². The van der Waals surface area contributed by atoms with Crippen molar-refractivity contribution >= 4 is 59.3 Å². The number of hydrogen-bond acceptors (Lipinski definition) is 15. The number of methoxy groups -OCH3 is 1. The van der Waals surface area contributed by atoms with Gasteiger partial charge in [-0.3, -0.25) is 34.1 Å². The van der Waals surface area contributed by atoms with Gasteiger partial charge < -0.3 is 55.0 Å². The number of non-ortho nitro benzene ring substituents is 1. The minimum absolute atomic E-state index is 0.00732. The Morgan fingerprint density at radius 3 is 1.89 bits per heavy atom. The van der Waals surface area contributed by atoms with Gasteiger partial charge in [0.1, 0.15) is 31.0 Å². The molecule has 0 bridgehead atoms. The van der Waals surface area contributed by atoms with Crippen molar-refractivity contribution in [2.45, 2.75) is 89.7 Å². The summed E-state index contributed by atoms with van der Waals surface area (Å²) in [5.74, 6) is -10.8. The zero-order valence-corrected chi connectivity index (χ0v) is 40.7. The van der Waals surface area contributed by atoms with Gasteiger partial charge in [-0.05, 0) is 95.2 Å². The molecule has 1 saturated heterocycles. The first-order valence-corrected chi connectivity index (χ1v) is 23.6. The van der Waals surface area contributed by atoms with E-state index in [2.05, 4.69) is 16.0 Å². The number of anilines is 1. The summed E-state index contributed by atoms with van der Waals surface area (Å²) in [6.45, 7) is 4.39. The fourth-order valence-corrected chi connectivity index (χ4v) is 9.48. The van der Waals surface area contributed by atoms with Crippen LogP contribution in [0.4, 0.5) is 21.0 Å². The van der Waals surface area contributed by atoms with Gasteiger partial charge in [-0.25, -0.2) is 14.4 Å². The van der Waals surface area contributed by atoms with E-state index < -0.39 is 127 Å². The number of esters is 1. The minimum Gasteiger partial charge on any atom is -0.481 e. The number of carbonyl (C=O) groups excluding carboxylic acids is 5. The third-order valence-corrected chi connectivity index (χ3v) is 13.0. The van der Waals surface area contributed by atoms with Crippen molar-refractivity contribution in [3.8, 4) is 16.9 Å². The quantitative estimate of drug-likeness (QED) is 0.0162. The zero-order valence-electron chi connectivity index (χ0n) is 40.7. The lowest BCUT2D eigenvalue weighted by Crippen LogP contribution is -2.53. The van der Waals surface area contributed by atoms with Gasteiger partial charge in [-0.15, -0.1) is 0 Å². The molecular formula is C52H56N4O18. The molecule has 3 amide bonds. The normalized spacial score (nSPS) is 18.6. The molecule has 74 heavy (non-hydrogen) atoms. The molecule has 2 aliphatic rings. The van der Waals surface area contributed by atoms with Gasteiger partial charge >= 0.3 is 36.1 Å². The predicted octanol–water partition coefficient (Wildman–Crippen LogP) is 6.46. The van der Waals surface area contributed by atoms with Crippen molar-refractivity contribution in [1.29, 1.82) is 0 Å². The average Bonchev–Trinajstić information content (AvgIpc) is 3.67. The molecule has 4 aromatic carbocycles. The molecule has 7 atom stereocenters. The number of nitro groups is 1. The topological polar surface area (TPSA) is 323 Å². The number of carbonyl (C=O) groups is 8. The molecule has 1 fully saturated rings. The molecule has 22 nitrogen and oxygen atoms in total. The van der Waals surface area contributed by atoms with Crippen LogP contribution in [-0.4, -0.2) is 106 Å². The molecule has 0 saturated carbocycles. The van der Waals surface area contributed by atoms with E-state index >= 15 is 0 Å². The second-order valence-electron chi connectivity index (χ2n) is 18.2. The van der Waals surface area contributed by atoms with E-state index in [1.165, 1.54) is 37.3 Å². The summed E-state index contributed by atoms with van der Waals surface area (Å²) in [7, 11) is 1.03. The Balaban J connectivity index is 1.17. The van der Waals surface area contributed by atoms with Gasteiger partial charge in [-0.2, -0.15) is 0 Å². The number of aliphatic carboxylic acids is 3. The largest absolute Gasteiger partial charge is 0.514 e. The fourth-order valence-electron chi connectivity index (χ4n) is 9.48. The number of ether oxygens (including phenoxy) is 5. The van der Waals surface area contributed by atoms with Crippen LogP contribution in [-0.2, 0) is 60.7 Å². The lowest BCUT2D eigenvalue weighted by atomic mass is 9.68. The molecule has 0 spiro atoms. The van der Waals surface area contributed by atoms with Crippen LogP contribution < -0.4 is 20.7 Å². The van der Waals surface area contributed by atoms with E-state index in [1.807, 2.05) is 48.5 Å². The molecule has 1 heterocycles. The van der Waals surface area contributed by atoms with E-state index in [1.54, 1.807) is 13.8 Å². The van der Waals surface area contributed by atoms with Crippen LogP contribution in [0.3, 0.4) is 0 Å². The first kappa shape index (κ1) is 54.9. The maximum absolute atomic E-state index is 13.7. The third-order valence-electron chi connectivity index (χ3n) is 13.0. The summed E-state index contributed by atoms with van der Waals surface area (Å²) >= 11 is 0. The molecule has 6 rings (SSSR count). The van der Waals surface area contributed by atoms with Crippen LogP contribution in [0.2, 0.25) is 0 Å². The number of rotatable bonds is 22. The Kier molecular flexibility index (Phi) is 18.4. The predicted molar refractivity (Wildman–Crippen MR) is 260 cm³/mol. The SMILES string of the molecule is COC(=O)[C@H]1O[C@@H](CCc2cc(NC(=O)[C@H](C)NC(=O)[C@@H](NC(=O)OCC3c4ccccc4-c4ccccc43)C(C)C)ccc2COC(=O)Oc2ccc([N+](=O)[O-])cc2)[C@@H](CC(=O)O)[C@@H](CC(=O)O)[C@@H]1CC(=O)O. The summed E-state index contributed by atoms with van der Waals surface area (Å²) in [5, 5.41) is 48.6. The Hall–Kier alpha value is -8.40. The van der Waals surface area contributed by atoms with Crippen molar-refractivity contribution in [3.63, 3.8) is 0 Å². The average molecular weight is 1030 g/mol. The zero-order chi connectivity index (χ0) is 53.8. The molecular weight excluding hydrogens is 969 g/mol. The highest BCUT2D eigenvalue weighted by atomic mass is 16.7. The minimum atomic E-state index is -1.58. The van der Waals surface area contributed by atoms with Crippen LogP contribution in [0.5, 0.6) is 5.75 Å². The molecule has 392 valence electrons. The molecule has 0 radical (unpaired) electrons. The number of benzene rings is 4. The molecule has 0 aromatic heterocycles. The van der Waals surface area contributed by atoms with Gasteiger partial charge in [0.05, 0.1) is 31.0 Å². The summed E-state index contributed by atoms with van der Waals surface area (Å²) < 4.78 is 27.2. The number of carboxylic acid groups (broad SMARTS) is 3. The number of carboxylic acids is 3. The van der Waals surface area contributed by atoms with E-state index in [0.29, 0.717) is 11.1 Å².